The summed E-state index contributed by atoms with van der Waals surface area (Å²) in [6.45, 7) is 2.24. The Hall–Kier alpha value is -1.06. The van der Waals surface area contributed by atoms with E-state index < -0.39 is 11.9 Å². The molecule has 0 aromatic heterocycles. The molecule has 0 heterocycles. The average Bonchev–Trinajstić information content (AvgIpc) is 2.70. The van der Waals surface area contributed by atoms with Gasteiger partial charge in [-0.1, -0.05) is 32.6 Å². The fourth-order valence-corrected chi connectivity index (χ4v) is 2.15. The van der Waals surface area contributed by atoms with Gasteiger partial charge >= 0.3 is 5.97 Å². The predicted octanol–water partition coefficient (Wildman–Crippen LogP) is 1.79. The zero-order chi connectivity index (χ0) is 12.0. The molecule has 2 N–H and O–H groups in total. The molecule has 0 saturated heterocycles. The van der Waals surface area contributed by atoms with Crippen LogP contribution in [0.3, 0.4) is 0 Å². The number of amides is 1. The fourth-order valence-electron chi connectivity index (χ4n) is 2.15. The van der Waals surface area contributed by atoms with Crippen molar-refractivity contribution in [3.05, 3.63) is 0 Å². The third-order valence-electron chi connectivity index (χ3n) is 3.26. The Morgan fingerprint density at radius 1 is 1.38 bits per heavy atom. The van der Waals surface area contributed by atoms with Crippen LogP contribution >= 0.6 is 0 Å². The van der Waals surface area contributed by atoms with Gasteiger partial charge in [0.05, 0.1) is 5.92 Å². The Labute approximate surface area is 96.4 Å². The molecule has 1 rings (SSSR count). The highest BCUT2D eigenvalue weighted by Gasteiger charge is 2.17. The van der Waals surface area contributed by atoms with Gasteiger partial charge in [0.1, 0.15) is 0 Å². The van der Waals surface area contributed by atoms with Gasteiger partial charge < -0.3 is 10.4 Å². The molecule has 0 aromatic carbocycles. The van der Waals surface area contributed by atoms with Crippen LogP contribution in [0.25, 0.3) is 0 Å². The van der Waals surface area contributed by atoms with Gasteiger partial charge in [0.2, 0.25) is 5.91 Å². The number of hydrogen-bond donors (Lipinski definition) is 2. The Balaban J connectivity index is 2.07. The first kappa shape index (κ1) is 13.0. The third kappa shape index (κ3) is 4.64. The smallest absolute Gasteiger partial charge is 0.306 e. The molecule has 92 valence electrons. The standard InChI is InChI=1S/C12H21NO3/c1-9(12(15)16)8-11(14)13-7-6-10-4-2-3-5-10/h9-10H,2-8H2,1H3,(H,13,14)(H,15,16). The lowest BCUT2D eigenvalue weighted by atomic mass is 10.0. The van der Waals surface area contributed by atoms with Gasteiger partial charge in [-0.2, -0.15) is 0 Å². The number of carboxylic acids is 1. The van der Waals surface area contributed by atoms with E-state index in [-0.39, 0.29) is 12.3 Å². The molecule has 0 spiro atoms. The van der Waals surface area contributed by atoms with Crippen LogP contribution in [-0.2, 0) is 9.59 Å². The largest absolute Gasteiger partial charge is 0.481 e. The van der Waals surface area contributed by atoms with Crippen molar-refractivity contribution in [2.45, 2.75) is 45.4 Å². The minimum absolute atomic E-state index is 0.0833. The zero-order valence-corrected chi connectivity index (χ0v) is 9.87. The van der Waals surface area contributed by atoms with Crippen LogP contribution in [0.1, 0.15) is 45.4 Å². The Morgan fingerprint density at radius 2 is 2.00 bits per heavy atom. The van der Waals surface area contributed by atoms with Crippen LogP contribution in [0.2, 0.25) is 0 Å². The highest BCUT2D eigenvalue weighted by molar-refractivity contribution is 5.81. The maximum atomic E-state index is 11.4. The van der Waals surface area contributed by atoms with Crippen LogP contribution in [0.5, 0.6) is 0 Å². The van der Waals surface area contributed by atoms with E-state index in [1.807, 2.05) is 0 Å². The summed E-state index contributed by atoms with van der Waals surface area (Å²) in [5.41, 5.74) is 0. The minimum Gasteiger partial charge on any atom is -0.481 e. The van der Waals surface area contributed by atoms with Gasteiger partial charge in [-0.3, -0.25) is 9.59 Å². The quantitative estimate of drug-likeness (QED) is 0.727. The van der Waals surface area contributed by atoms with Crippen LogP contribution < -0.4 is 5.32 Å². The number of nitrogens with one attached hydrogen (secondary N) is 1. The van der Waals surface area contributed by atoms with E-state index >= 15 is 0 Å². The third-order valence-corrected chi connectivity index (χ3v) is 3.26. The van der Waals surface area contributed by atoms with E-state index in [2.05, 4.69) is 5.32 Å². The normalized spacial score (nSPS) is 18.3. The van der Waals surface area contributed by atoms with Crippen molar-refractivity contribution in [2.24, 2.45) is 11.8 Å². The van der Waals surface area contributed by atoms with Crippen LogP contribution in [-0.4, -0.2) is 23.5 Å². The summed E-state index contributed by atoms with van der Waals surface area (Å²) in [5, 5.41) is 11.4. The zero-order valence-electron chi connectivity index (χ0n) is 9.87. The molecular formula is C12H21NO3. The van der Waals surface area contributed by atoms with E-state index in [0.29, 0.717) is 6.54 Å². The molecule has 1 atom stereocenters. The van der Waals surface area contributed by atoms with Gasteiger partial charge in [0.25, 0.3) is 0 Å². The van der Waals surface area contributed by atoms with Crippen molar-refractivity contribution in [3.8, 4) is 0 Å². The molecule has 1 saturated carbocycles. The highest BCUT2D eigenvalue weighted by atomic mass is 16.4. The molecule has 4 nitrogen and oxygen atoms in total. The minimum atomic E-state index is -0.911. The van der Waals surface area contributed by atoms with Crippen molar-refractivity contribution in [2.75, 3.05) is 6.54 Å². The Kier molecular flexibility index (Phi) is 5.29. The molecule has 1 aliphatic carbocycles. The highest BCUT2D eigenvalue weighted by Crippen LogP contribution is 2.26. The van der Waals surface area contributed by atoms with Crippen LogP contribution in [0, 0.1) is 11.8 Å². The van der Waals surface area contributed by atoms with E-state index in [9.17, 15) is 9.59 Å². The first-order chi connectivity index (χ1) is 7.59. The molecule has 16 heavy (non-hydrogen) atoms. The summed E-state index contributed by atoms with van der Waals surface area (Å²) in [5.74, 6) is -0.887. The van der Waals surface area contributed by atoms with Gasteiger partial charge in [-0.25, -0.2) is 0 Å². The molecule has 1 fully saturated rings. The monoisotopic (exact) mass is 227 g/mol. The summed E-state index contributed by atoms with van der Waals surface area (Å²) in [6.07, 6.45) is 6.30. The van der Waals surface area contributed by atoms with Crippen molar-refractivity contribution >= 4 is 11.9 Å². The van der Waals surface area contributed by atoms with Gasteiger partial charge in [0.15, 0.2) is 0 Å². The Morgan fingerprint density at radius 3 is 2.56 bits per heavy atom. The summed E-state index contributed by atoms with van der Waals surface area (Å²) < 4.78 is 0. The predicted molar refractivity (Wildman–Crippen MR) is 61.0 cm³/mol. The van der Waals surface area contributed by atoms with Crippen molar-refractivity contribution < 1.29 is 14.7 Å². The van der Waals surface area contributed by atoms with E-state index in [0.717, 1.165) is 12.3 Å². The maximum absolute atomic E-state index is 11.4. The molecule has 1 unspecified atom stereocenters. The van der Waals surface area contributed by atoms with Gasteiger partial charge in [0, 0.05) is 13.0 Å². The lowest BCUT2D eigenvalue weighted by Gasteiger charge is -2.10. The molecule has 4 heteroatoms. The second-order valence-corrected chi connectivity index (χ2v) is 4.73. The van der Waals surface area contributed by atoms with Crippen molar-refractivity contribution in [3.63, 3.8) is 0 Å². The average molecular weight is 227 g/mol. The van der Waals surface area contributed by atoms with E-state index in [4.69, 9.17) is 5.11 Å². The van der Waals surface area contributed by atoms with E-state index in [1.165, 1.54) is 25.7 Å². The molecule has 0 aromatic rings. The van der Waals surface area contributed by atoms with Crippen LogP contribution in [0.15, 0.2) is 0 Å². The number of carbonyl (C=O) groups is 2. The number of hydrogen-bond acceptors (Lipinski definition) is 2. The van der Waals surface area contributed by atoms with Crippen LogP contribution in [0.4, 0.5) is 0 Å². The number of aliphatic carboxylic acids is 1. The summed E-state index contributed by atoms with van der Waals surface area (Å²) in [6, 6.07) is 0. The summed E-state index contributed by atoms with van der Waals surface area (Å²) in [7, 11) is 0. The lowest BCUT2D eigenvalue weighted by molar-refractivity contribution is -0.143. The second-order valence-electron chi connectivity index (χ2n) is 4.73. The van der Waals surface area contributed by atoms with E-state index in [1.54, 1.807) is 6.92 Å². The number of carbonyl (C=O) groups excluding carboxylic acids is 1. The molecular weight excluding hydrogens is 206 g/mol. The molecule has 1 amide bonds. The molecule has 0 radical (unpaired) electrons. The number of carboxylic acid groups (broad SMARTS) is 1. The maximum Gasteiger partial charge on any atom is 0.306 e. The topological polar surface area (TPSA) is 66.4 Å². The van der Waals surface area contributed by atoms with Crippen molar-refractivity contribution in [1.29, 1.82) is 0 Å². The molecule has 0 aliphatic heterocycles. The first-order valence-corrected chi connectivity index (χ1v) is 6.09. The SMILES string of the molecule is CC(CC(=O)NCCC1CCCC1)C(=O)O. The first-order valence-electron chi connectivity index (χ1n) is 6.09. The fraction of sp³-hybridized carbons (Fsp3) is 0.833. The molecule has 0 bridgehead atoms. The second kappa shape index (κ2) is 6.51. The summed E-state index contributed by atoms with van der Waals surface area (Å²) >= 11 is 0. The van der Waals surface area contributed by atoms with Gasteiger partial charge in [-0.15, -0.1) is 0 Å². The molecule has 1 aliphatic rings. The Bertz CT molecular complexity index is 247. The number of rotatable bonds is 6. The lowest BCUT2D eigenvalue weighted by Crippen LogP contribution is -2.28. The van der Waals surface area contributed by atoms with Crippen molar-refractivity contribution in [1.82, 2.24) is 5.32 Å². The van der Waals surface area contributed by atoms with Gasteiger partial charge in [-0.05, 0) is 12.3 Å². The summed E-state index contributed by atoms with van der Waals surface area (Å²) in [4.78, 5) is 21.9.